The van der Waals surface area contributed by atoms with Crippen molar-refractivity contribution in [3.05, 3.63) is 70.7 Å². The number of urea groups is 1. The number of oxazole rings is 1. The topological polar surface area (TPSA) is 61.6 Å². The predicted octanol–water partition coefficient (Wildman–Crippen LogP) is 4.68. The zero-order chi connectivity index (χ0) is 20.2. The Bertz CT molecular complexity index is 969. The van der Waals surface area contributed by atoms with Crippen LogP contribution in [0.25, 0.3) is 11.3 Å². The Morgan fingerprint density at radius 2 is 1.79 bits per heavy atom. The van der Waals surface area contributed by atoms with Crippen LogP contribution in [0.15, 0.2) is 59.5 Å². The largest absolute Gasteiger partial charge is 0.444 e. The number of benzene rings is 2. The first-order valence-corrected chi connectivity index (χ1v) is 10.1. The zero-order valence-electron chi connectivity index (χ0n) is 15.6. The molecule has 0 bridgehead atoms. The quantitative estimate of drug-likeness (QED) is 0.652. The van der Waals surface area contributed by atoms with Crippen LogP contribution < -0.4 is 10.2 Å². The fourth-order valence-corrected chi connectivity index (χ4v) is 3.62. The van der Waals surface area contributed by atoms with Crippen molar-refractivity contribution >= 4 is 34.9 Å². The van der Waals surface area contributed by atoms with Crippen molar-refractivity contribution in [1.82, 2.24) is 15.2 Å². The third-order valence-electron chi connectivity index (χ3n) is 4.94. The number of aromatic nitrogens is 1. The molecule has 1 saturated heterocycles. The summed E-state index contributed by atoms with van der Waals surface area (Å²) in [6.07, 6.45) is 3.12. The van der Waals surface area contributed by atoms with Crippen LogP contribution in [0, 0.1) is 0 Å². The molecule has 1 N–H and O–H groups in total. The molecule has 1 aliphatic rings. The molecule has 4 rings (SSSR count). The standard InChI is InChI=1S/C21H20Cl2N4O2/c22-18-6-1-15(11-19(18)23)12-25-21(28)27-9-7-26(8-10-27)17-4-2-16(3-5-17)20-13-24-14-29-20/h1-6,11,13-14H,7-10,12H2,(H,25,28). The van der Waals surface area contributed by atoms with Crippen LogP contribution in [0.2, 0.25) is 10.0 Å². The lowest BCUT2D eigenvalue weighted by molar-refractivity contribution is 0.194. The minimum Gasteiger partial charge on any atom is -0.444 e. The highest BCUT2D eigenvalue weighted by atomic mass is 35.5. The predicted molar refractivity (Wildman–Crippen MR) is 114 cm³/mol. The zero-order valence-corrected chi connectivity index (χ0v) is 17.2. The van der Waals surface area contributed by atoms with Gasteiger partial charge >= 0.3 is 6.03 Å². The Morgan fingerprint density at radius 1 is 1.03 bits per heavy atom. The van der Waals surface area contributed by atoms with E-state index in [1.807, 2.05) is 23.1 Å². The molecular weight excluding hydrogens is 411 g/mol. The Balaban J connectivity index is 1.28. The molecular formula is C21H20Cl2N4O2. The third kappa shape index (κ3) is 4.66. The minimum atomic E-state index is -0.0728. The van der Waals surface area contributed by atoms with Crippen LogP contribution in [0.1, 0.15) is 5.56 Å². The molecule has 0 spiro atoms. The monoisotopic (exact) mass is 430 g/mol. The van der Waals surface area contributed by atoms with Gasteiger partial charge in [0.25, 0.3) is 0 Å². The number of hydrogen-bond acceptors (Lipinski definition) is 4. The first-order valence-electron chi connectivity index (χ1n) is 9.31. The highest BCUT2D eigenvalue weighted by Crippen LogP contribution is 2.24. The van der Waals surface area contributed by atoms with Gasteiger partial charge in [0.2, 0.25) is 0 Å². The molecule has 2 aromatic carbocycles. The first kappa shape index (κ1) is 19.6. The van der Waals surface area contributed by atoms with Gasteiger partial charge < -0.3 is 19.5 Å². The second-order valence-corrected chi connectivity index (χ2v) is 7.61. The number of amides is 2. The Kier molecular flexibility index (Phi) is 5.92. The van der Waals surface area contributed by atoms with E-state index in [9.17, 15) is 4.79 Å². The van der Waals surface area contributed by atoms with Gasteiger partial charge in [-0.05, 0) is 42.0 Å². The summed E-state index contributed by atoms with van der Waals surface area (Å²) < 4.78 is 5.32. The highest BCUT2D eigenvalue weighted by Gasteiger charge is 2.21. The lowest BCUT2D eigenvalue weighted by Gasteiger charge is -2.36. The smallest absolute Gasteiger partial charge is 0.317 e. The number of nitrogens with one attached hydrogen (secondary N) is 1. The van der Waals surface area contributed by atoms with Gasteiger partial charge in [-0.2, -0.15) is 0 Å². The SMILES string of the molecule is O=C(NCc1ccc(Cl)c(Cl)c1)N1CCN(c2ccc(-c3cnco3)cc2)CC1. The van der Waals surface area contributed by atoms with Crippen molar-refractivity contribution < 1.29 is 9.21 Å². The van der Waals surface area contributed by atoms with Gasteiger partial charge in [-0.25, -0.2) is 9.78 Å². The molecule has 2 amide bonds. The van der Waals surface area contributed by atoms with E-state index in [2.05, 4.69) is 27.3 Å². The number of anilines is 1. The minimum absolute atomic E-state index is 0.0728. The van der Waals surface area contributed by atoms with E-state index < -0.39 is 0 Å². The van der Waals surface area contributed by atoms with Gasteiger partial charge in [-0.3, -0.25) is 0 Å². The fraction of sp³-hybridized carbons (Fsp3) is 0.238. The lowest BCUT2D eigenvalue weighted by atomic mass is 10.1. The number of nitrogens with zero attached hydrogens (tertiary/aromatic N) is 3. The summed E-state index contributed by atoms with van der Waals surface area (Å²) in [5.41, 5.74) is 3.04. The number of rotatable bonds is 4. The van der Waals surface area contributed by atoms with Gasteiger partial charge in [-0.15, -0.1) is 0 Å². The lowest BCUT2D eigenvalue weighted by Crippen LogP contribution is -2.51. The maximum Gasteiger partial charge on any atom is 0.317 e. The molecule has 3 aromatic rings. The molecule has 1 fully saturated rings. The Labute approximate surface area is 179 Å². The summed E-state index contributed by atoms with van der Waals surface area (Å²) in [5, 5.41) is 3.94. The van der Waals surface area contributed by atoms with Crippen LogP contribution in [-0.2, 0) is 6.54 Å². The summed E-state index contributed by atoms with van der Waals surface area (Å²) in [4.78, 5) is 20.5. The molecule has 0 atom stereocenters. The van der Waals surface area contributed by atoms with E-state index >= 15 is 0 Å². The van der Waals surface area contributed by atoms with Gasteiger partial charge in [0.15, 0.2) is 12.2 Å². The van der Waals surface area contributed by atoms with Crippen molar-refractivity contribution in [3.8, 4) is 11.3 Å². The third-order valence-corrected chi connectivity index (χ3v) is 5.68. The summed E-state index contributed by atoms with van der Waals surface area (Å²) in [5.74, 6) is 0.750. The first-order chi connectivity index (χ1) is 14.1. The molecule has 0 aliphatic carbocycles. The second kappa shape index (κ2) is 8.76. The summed E-state index contributed by atoms with van der Waals surface area (Å²) in [7, 11) is 0. The average Bonchev–Trinajstić information content (AvgIpc) is 3.29. The molecule has 1 aromatic heterocycles. The highest BCUT2D eigenvalue weighted by molar-refractivity contribution is 6.42. The van der Waals surface area contributed by atoms with Crippen molar-refractivity contribution in [3.63, 3.8) is 0 Å². The molecule has 2 heterocycles. The van der Waals surface area contributed by atoms with Crippen molar-refractivity contribution in [2.75, 3.05) is 31.1 Å². The number of piperazine rings is 1. The van der Waals surface area contributed by atoms with Crippen molar-refractivity contribution in [2.45, 2.75) is 6.54 Å². The van der Waals surface area contributed by atoms with Crippen LogP contribution in [-0.4, -0.2) is 42.1 Å². The second-order valence-electron chi connectivity index (χ2n) is 6.79. The van der Waals surface area contributed by atoms with Gasteiger partial charge in [0.05, 0.1) is 16.2 Å². The normalized spacial score (nSPS) is 14.1. The summed E-state index contributed by atoms with van der Waals surface area (Å²) in [6, 6.07) is 13.5. The van der Waals surface area contributed by atoms with Crippen LogP contribution in [0.4, 0.5) is 10.5 Å². The van der Waals surface area contributed by atoms with E-state index in [4.69, 9.17) is 27.6 Å². The number of hydrogen-bond donors (Lipinski definition) is 1. The molecule has 1 aliphatic heterocycles. The number of carbonyl (C=O) groups is 1. The van der Waals surface area contributed by atoms with Crippen molar-refractivity contribution in [1.29, 1.82) is 0 Å². The van der Waals surface area contributed by atoms with E-state index in [1.54, 1.807) is 18.3 Å². The molecule has 6 nitrogen and oxygen atoms in total. The van der Waals surface area contributed by atoms with Crippen molar-refractivity contribution in [2.24, 2.45) is 0 Å². The molecule has 29 heavy (non-hydrogen) atoms. The Morgan fingerprint density at radius 3 is 2.45 bits per heavy atom. The van der Waals surface area contributed by atoms with Crippen LogP contribution >= 0.6 is 23.2 Å². The van der Waals surface area contributed by atoms with E-state index in [-0.39, 0.29) is 6.03 Å². The Hall–Kier alpha value is -2.70. The molecule has 0 saturated carbocycles. The maximum atomic E-state index is 12.5. The summed E-state index contributed by atoms with van der Waals surface area (Å²) in [6.45, 7) is 3.30. The van der Waals surface area contributed by atoms with E-state index in [0.29, 0.717) is 29.7 Å². The van der Waals surface area contributed by atoms with E-state index in [0.717, 1.165) is 35.7 Å². The molecule has 8 heteroatoms. The molecule has 0 unspecified atom stereocenters. The maximum absolute atomic E-state index is 12.5. The van der Waals surface area contributed by atoms with E-state index in [1.165, 1.54) is 6.39 Å². The van der Waals surface area contributed by atoms with Gasteiger partial charge in [-0.1, -0.05) is 29.3 Å². The molecule has 150 valence electrons. The number of halogens is 2. The number of carbonyl (C=O) groups excluding carboxylic acids is 1. The summed E-state index contributed by atoms with van der Waals surface area (Å²) >= 11 is 11.9. The fourth-order valence-electron chi connectivity index (χ4n) is 3.30. The van der Waals surface area contributed by atoms with Gasteiger partial charge in [0.1, 0.15) is 0 Å². The molecule has 0 radical (unpaired) electrons. The average molecular weight is 431 g/mol. The van der Waals surface area contributed by atoms with Crippen LogP contribution in [0.5, 0.6) is 0 Å². The van der Waals surface area contributed by atoms with Gasteiger partial charge in [0, 0.05) is 44.0 Å². The van der Waals surface area contributed by atoms with Crippen LogP contribution in [0.3, 0.4) is 0 Å².